The maximum absolute atomic E-state index is 10.6. The molecule has 1 aliphatic carbocycles. The van der Waals surface area contributed by atoms with E-state index in [9.17, 15) is 10.1 Å². The number of ether oxygens (including phenoxy) is 1. The molecule has 0 spiro atoms. The van der Waals surface area contributed by atoms with Crippen LogP contribution in [-0.4, -0.2) is 35.2 Å². The molecule has 2 heterocycles. The van der Waals surface area contributed by atoms with Crippen LogP contribution in [0.15, 0.2) is 18.3 Å². The largest absolute Gasteiger partial charge is 0.374 e. The van der Waals surface area contributed by atoms with Crippen LogP contribution in [0.2, 0.25) is 0 Å². The van der Waals surface area contributed by atoms with Gasteiger partial charge >= 0.3 is 0 Å². The van der Waals surface area contributed by atoms with Gasteiger partial charge in [-0.15, -0.1) is 0 Å². The molecule has 0 unspecified atom stereocenters. The first-order valence-electron chi connectivity index (χ1n) is 6.74. The van der Waals surface area contributed by atoms with Gasteiger partial charge in [0.1, 0.15) is 12.0 Å². The van der Waals surface area contributed by atoms with Gasteiger partial charge in [-0.05, 0) is 18.9 Å². The van der Waals surface area contributed by atoms with Gasteiger partial charge in [0.15, 0.2) is 0 Å². The van der Waals surface area contributed by atoms with Gasteiger partial charge in [0, 0.05) is 12.6 Å². The van der Waals surface area contributed by atoms with Gasteiger partial charge < -0.3 is 9.64 Å². The first kappa shape index (κ1) is 12.3. The average molecular weight is 263 g/mol. The molecule has 6 heteroatoms. The molecule has 1 saturated carbocycles. The molecule has 102 valence electrons. The summed E-state index contributed by atoms with van der Waals surface area (Å²) in [5, 5.41) is 10.6. The third kappa shape index (κ3) is 2.40. The molecular weight excluding hydrogens is 246 g/mol. The lowest BCUT2D eigenvalue weighted by Gasteiger charge is -2.44. The molecule has 0 N–H and O–H groups in total. The molecule has 1 saturated heterocycles. The quantitative estimate of drug-likeness (QED) is 0.604. The third-order valence-electron chi connectivity index (χ3n) is 3.97. The van der Waals surface area contributed by atoms with Crippen LogP contribution in [0.25, 0.3) is 0 Å². The van der Waals surface area contributed by atoms with E-state index in [-0.39, 0.29) is 5.69 Å². The monoisotopic (exact) mass is 263 g/mol. The minimum Gasteiger partial charge on any atom is -0.374 e. The molecule has 1 aromatic heterocycles. The third-order valence-corrected chi connectivity index (χ3v) is 3.97. The summed E-state index contributed by atoms with van der Waals surface area (Å²) >= 11 is 0. The zero-order chi connectivity index (χ0) is 13.2. The maximum Gasteiger partial charge on any atom is 0.287 e. The number of rotatable bonds is 2. The summed E-state index contributed by atoms with van der Waals surface area (Å²) < 4.78 is 5.82. The van der Waals surface area contributed by atoms with Gasteiger partial charge in [-0.1, -0.05) is 12.8 Å². The van der Waals surface area contributed by atoms with E-state index in [1.54, 1.807) is 6.07 Å². The van der Waals surface area contributed by atoms with Crippen LogP contribution >= 0.6 is 0 Å². The summed E-state index contributed by atoms with van der Waals surface area (Å²) in [6.45, 7) is 1.52. The minimum atomic E-state index is -0.417. The Labute approximate surface area is 111 Å². The molecule has 0 bridgehead atoms. The minimum absolute atomic E-state index is 0.0391. The molecule has 0 aromatic carbocycles. The molecule has 1 aliphatic heterocycles. The predicted molar refractivity (Wildman–Crippen MR) is 70.2 cm³/mol. The Morgan fingerprint density at radius 1 is 1.37 bits per heavy atom. The number of fused-ring (bicyclic) bond motifs is 1. The first-order chi connectivity index (χ1) is 9.25. The standard InChI is InChI=1S/C13H17N3O3/c17-16(18)10-5-6-13(14-9-10)15-7-8-19-12-4-2-1-3-11(12)15/h5-6,9,11-12H,1-4,7-8H2/t11-,12+/m0/s1. The van der Waals surface area contributed by atoms with Crippen LogP contribution in [0.1, 0.15) is 25.7 Å². The highest BCUT2D eigenvalue weighted by Crippen LogP contribution is 2.31. The Hall–Kier alpha value is -1.69. The van der Waals surface area contributed by atoms with E-state index < -0.39 is 4.92 Å². The van der Waals surface area contributed by atoms with Gasteiger partial charge in [0.25, 0.3) is 5.69 Å². The van der Waals surface area contributed by atoms with Gasteiger partial charge in [0.05, 0.1) is 23.7 Å². The molecule has 19 heavy (non-hydrogen) atoms. The fourth-order valence-corrected chi connectivity index (χ4v) is 3.04. The molecule has 6 nitrogen and oxygen atoms in total. The van der Waals surface area contributed by atoms with Gasteiger partial charge in [-0.25, -0.2) is 4.98 Å². The normalized spacial score (nSPS) is 26.8. The SMILES string of the molecule is O=[N+]([O-])c1ccc(N2CCO[C@@H]3CCCC[C@@H]32)nc1. The van der Waals surface area contributed by atoms with Crippen molar-refractivity contribution in [2.45, 2.75) is 37.8 Å². The lowest BCUT2D eigenvalue weighted by atomic mass is 9.90. The molecule has 2 fully saturated rings. The molecule has 0 amide bonds. The van der Waals surface area contributed by atoms with E-state index >= 15 is 0 Å². The lowest BCUT2D eigenvalue weighted by Crippen LogP contribution is -2.53. The van der Waals surface area contributed by atoms with Crippen molar-refractivity contribution in [1.29, 1.82) is 0 Å². The van der Waals surface area contributed by atoms with Crippen LogP contribution in [0, 0.1) is 10.1 Å². The first-order valence-corrected chi connectivity index (χ1v) is 6.74. The van der Waals surface area contributed by atoms with E-state index in [0.717, 1.165) is 25.2 Å². The van der Waals surface area contributed by atoms with Crippen molar-refractivity contribution in [2.24, 2.45) is 0 Å². The van der Waals surface area contributed by atoms with Gasteiger partial charge in [-0.3, -0.25) is 10.1 Å². The Kier molecular flexibility index (Phi) is 3.33. The average Bonchev–Trinajstić information content (AvgIpc) is 2.47. The van der Waals surface area contributed by atoms with Gasteiger partial charge in [-0.2, -0.15) is 0 Å². The van der Waals surface area contributed by atoms with Crippen molar-refractivity contribution in [3.05, 3.63) is 28.4 Å². The van der Waals surface area contributed by atoms with Crippen molar-refractivity contribution < 1.29 is 9.66 Å². The van der Waals surface area contributed by atoms with Crippen LogP contribution in [0.5, 0.6) is 0 Å². The Morgan fingerprint density at radius 2 is 2.21 bits per heavy atom. The highest BCUT2D eigenvalue weighted by Gasteiger charge is 2.34. The van der Waals surface area contributed by atoms with Crippen molar-refractivity contribution in [1.82, 2.24) is 4.98 Å². The molecular formula is C13H17N3O3. The van der Waals surface area contributed by atoms with Crippen LogP contribution in [-0.2, 0) is 4.74 Å². The number of nitrogens with zero attached hydrogens (tertiary/aromatic N) is 3. The van der Waals surface area contributed by atoms with Crippen LogP contribution in [0.3, 0.4) is 0 Å². The summed E-state index contributed by atoms with van der Waals surface area (Å²) in [6, 6.07) is 3.64. The number of hydrogen-bond acceptors (Lipinski definition) is 5. The molecule has 3 rings (SSSR count). The number of hydrogen-bond donors (Lipinski definition) is 0. The van der Waals surface area contributed by atoms with Crippen molar-refractivity contribution >= 4 is 11.5 Å². The van der Waals surface area contributed by atoms with Crippen molar-refractivity contribution in [3.8, 4) is 0 Å². The van der Waals surface area contributed by atoms with E-state index in [2.05, 4.69) is 9.88 Å². The Bertz CT molecular complexity index is 461. The van der Waals surface area contributed by atoms with Crippen LogP contribution in [0.4, 0.5) is 11.5 Å². The highest BCUT2D eigenvalue weighted by molar-refractivity contribution is 5.44. The number of aromatic nitrogens is 1. The zero-order valence-corrected chi connectivity index (χ0v) is 10.7. The fourth-order valence-electron chi connectivity index (χ4n) is 3.04. The van der Waals surface area contributed by atoms with Gasteiger partial charge in [0.2, 0.25) is 0 Å². The zero-order valence-electron chi connectivity index (χ0n) is 10.7. The smallest absolute Gasteiger partial charge is 0.287 e. The Balaban J connectivity index is 1.81. The maximum atomic E-state index is 10.6. The molecule has 0 radical (unpaired) electrons. The summed E-state index contributed by atoms with van der Waals surface area (Å²) in [5.41, 5.74) is 0.0391. The van der Waals surface area contributed by atoms with E-state index in [0.29, 0.717) is 18.8 Å². The van der Waals surface area contributed by atoms with Crippen molar-refractivity contribution in [2.75, 3.05) is 18.1 Å². The summed E-state index contributed by atoms with van der Waals surface area (Å²) in [7, 11) is 0. The summed E-state index contributed by atoms with van der Waals surface area (Å²) in [5.74, 6) is 0.825. The topological polar surface area (TPSA) is 68.5 Å². The van der Waals surface area contributed by atoms with E-state index in [1.165, 1.54) is 25.1 Å². The second kappa shape index (κ2) is 5.13. The number of nitro groups is 1. The van der Waals surface area contributed by atoms with Crippen LogP contribution < -0.4 is 4.90 Å². The van der Waals surface area contributed by atoms with E-state index in [4.69, 9.17) is 4.74 Å². The van der Waals surface area contributed by atoms with Crippen molar-refractivity contribution in [3.63, 3.8) is 0 Å². The molecule has 2 aliphatic rings. The van der Waals surface area contributed by atoms with E-state index in [1.807, 2.05) is 0 Å². The lowest BCUT2D eigenvalue weighted by molar-refractivity contribution is -0.385. The number of pyridine rings is 1. The second-order valence-corrected chi connectivity index (χ2v) is 5.09. The fraction of sp³-hybridized carbons (Fsp3) is 0.615. The summed E-state index contributed by atoms with van der Waals surface area (Å²) in [6.07, 6.45) is 6.29. The molecule has 1 aromatic rings. The molecule has 2 atom stereocenters. The highest BCUT2D eigenvalue weighted by atomic mass is 16.6. The predicted octanol–water partition coefficient (Wildman–Crippen LogP) is 2.14. The second-order valence-electron chi connectivity index (χ2n) is 5.09. The summed E-state index contributed by atoms with van der Waals surface area (Å²) in [4.78, 5) is 16.7. The number of morpholine rings is 1. The number of anilines is 1. The Morgan fingerprint density at radius 3 is 2.95 bits per heavy atom.